The van der Waals surface area contributed by atoms with Crippen molar-refractivity contribution in [3.8, 4) is 11.5 Å². The molecule has 0 fully saturated rings. The Morgan fingerprint density at radius 1 is 1.38 bits per heavy atom. The van der Waals surface area contributed by atoms with E-state index in [2.05, 4.69) is 26.1 Å². The topological polar surface area (TPSA) is 77.6 Å². The van der Waals surface area contributed by atoms with Gasteiger partial charge in [0.1, 0.15) is 0 Å². The summed E-state index contributed by atoms with van der Waals surface area (Å²) < 4.78 is 16.8. The number of aromatic nitrogens is 2. The van der Waals surface area contributed by atoms with Gasteiger partial charge in [-0.2, -0.15) is 4.98 Å². The van der Waals surface area contributed by atoms with Crippen LogP contribution in [0.15, 0.2) is 21.1 Å². The van der Waals surface area contributed by atoms with Gasteiger partial charge in [0.05, 0.1) is 18.2 Å². The van der Waals surface area contributed by atoms with Crippen molar-refractivity contribution in [1.29, 1.82) is 0 Å². The van der Waals surface area contributed by atoms with Gasteiger partial charge in [-0.1, -0.05) is 19.0 Å². The molecule has 1 N–H and O–H groups in total. The second kappa shape index (κ2) is 6.91. The lowest BCUT2D eigenvalue weighted by molar-refractivity contribution is 0.231. The normalized spacial score (nSPS) is 11.0. The first-order valence-corrected chi connectivity index (χ1v) is 7.27. The summed E-state index contributed by atoms with van der Waals surface area (Å²) in [6.07, 6.45) is 0. The van der Waals surface area contributed by atoms with Gasteiger partial charge in [-0.25, -0.2) is 0 Å². The van der Waals surface area contributed by atoms with E-state index in [1.807, 2.05) is 13.8 Å². The summed E-state index contributed by atoms with van der Waals surface area (Å²) in [5.74, 6) is 2.30. The van der Waals surface area contributed by atoms with E-state index in [4.69, 9.17) is 14.0 Å². The molecule has 0 radical (unpaired) electrons. The van der Waals surface area contributed by atoms with E-state index in [1.165, 1.54) is 0 Å². The van der Waals surface area contributed by atoms with Gasteiger partial charge in [-0.15, -0.1) is 0 Å². The molecule has 7 heteroatoms. The smallest absolute Gasteiger partial charge is 0.264 e. The summed E-state index contributed by atoms with van der Waals surface area (Å²) in [6.45, 7) is 4.05. The monoisotopic (exact) mass is 356 g/mol. The van der Waals surface area contributed by atoms with E-state index in [1.54, 1.807) is 19.2 Å². The fourth-order valence-corrected chi connectivity index (χ4v) is 2.30. The van der Waals surface area contributed by atoms with Gasteiger partial charge in [0.25, 0.3) is 5.89 Å². The number of benzene rings is 1. The van der Waals surface area contributed by atoms with Gasteiger partial charge in [0.15, 0.2) is 23.9 Å². The Morgan fingerprint density at radius 2 is 2.14 bits per heavy atom. The highest BCUT2D eigenvalue weighted by atomic mass is 79.9. The van der Waals surface area contributed by atoms with E-state index in [0.717, 1.165) is 5.56 Å². The van der Waals surface area contributed by atoms with Crippen molar-refractivity contribution < 1.29 is 19.1 Å². The van der Waals surface area contributed by atoms with Crippen LogP contribution in [0.3, 0.4) is 0 Å². The van der Waals surface area contributed by atoms with Crippen molar-refractivity contribution in [2.24, 2.45) is 0 Å². The molecule has 21 heavy (non-hydrogen) atoms. The third kappa shape index (κ3) is 3.74. The maximum Gasteiger partial charge on any atom is 0.264 e. The molecule has 1 heterocycles. The lowest BCUT2D eigenvalue weighted by Gasteiger charge is -2.12. The zero-order chi connectivity index (χ0) is 15.4. The van der Waals surface area contributed by atoms with Gasteiger partial charge in [-0.3, -0.25) is 0 Å². The third-order valence-corrected chi connectivity index (χ3v) is 3.40. The van der Waals surface area contributed by atoms with E-state index in [-0.39, 0.29) is 19.1 Å². The van der Waals surface area contributed by atoms with Crippen LogP contribution < -0.4 is 9.47 Å². The number of aliphatic hydroxyl groups excluding tert-OH is 1. The summed E-state index contributed by atoms with van der Waals surface area (Å²) >= 11 is 3.40. The first kappa shape index (κ1) is 15.8. The minimum absolute atomic E-state index is 0.0728. The van der Waals surface area contributed by atoms with Crippen molar-refractivity contribution in [2.45, 2.75) is 33.0 Å². The highest BCUT2D eigenvalue weighted by Crippen LogP contribution is 2.37. The SMILES string of the molecule is COc1cc(CO)cc(Br)c1OCc1nc(C(C)C)no1. The molecule has 0 unspecified atom stereocenters. The summed E-state index contributed by atoms with van der Waals surface area (Å²) in [6, 6.07) is 3.48. The lowest BCUT2D eigenvalue weighted by atomic mass is 10.2. The molecule has 1 aromatic heterocycles. The number of methoxy groups -OCH3 is 1. The van der Waals surface area contributed by atoms with Crippen molar-refractivity contribution in [3.05, 3.63) is 33.9 Å². The van der Waals surface area contributed by atoms with Gasteiger partial charge in [-0.05, 0) is 33.6 Å². The maximum atomic E-state index is 9.19. The van der Waals surface area contributed by atoms with Crippen molar-refractivity contribution in [1.82, 2.24) is 10.1 Å². The average Bonchev–Trinajstić information content (AvgIpc) is 2.94. The highest BCUT2D eigenvalue weighted by Gasteiger charge is 2.14. The lowest BCUT2D eigenvalue weighted by Crippen LogP contribution is -2.00. The Balaban J connectivity index is 2.15. The van der Waals surface area contributed by atoms with E-state index >= 15 is 0 Å². The number of ether oxygens (including phenoxy) is 2. The maximum absolute atomic E-state index is 9.19. The summed E-state index contributed by atoms with van der Waals surface area (Å²) in [5.41, 5.74) is 0.728. The molecule has 114 valence electrons. The Labute approximate surface area is 131 Å². The fourth-order valence-electron chi connectivity index (χ4n) is 1.70. The molecular weight excluding hydrogens is 340 g/mol. The highest BCUT2D eigenvalue weighted by molar-refractivity contribution is 9.10. The number of nitrogens with zero attached hydrogens (tertiary/aromatic N) is 2. The third-order valence-electron chi connectivity index (χ3n) is 2.81. The first-order chi connectivity index (χ1) is 10.0. The van der Waals surface area contributed by atoms with Crippen LogP contribution >= 0.6 is 15.9 Å². The molecule has 0 spiro atoms. The summed E-state index contributed by atoms with van der Waals surface area (Å²) in [7, 11) is 1.54. The average molecular weight is 357 g/mol. The molecule has 2 rings (SSSR count). The van der Waals surface area contributed by atoms with Crippen molar-refractivity contribution >= 4 is 15.9 Å². The predicted octanol–water partition coefficient (Wildman–Crippen LogP) is 3.04. The zero-order valence-electron chi connectivity index (χ0n) is 12.1. The van der Waals surface area contributed by atoms with Crippen LogP contribution in [0, 0.1) is 0 Å². The first-order valence-electron chi connectivity index (χ1n) is 6.47. The summed E-state index contributed by atoms with van der Waals surface area (Å²) in [4.78, 5) is 4.24. The molecule has 0 aliphatic rings. The van der Waals surface area contributed by atoms with Gasteiger partial charge in [0, 0.05) is 5.92 Å². The summed E-state index contributed by atoms with van der Waals surface area (Å²) in [5, 5.41) is 13.1. The molecule has 0 aliphatic carbocycles. The predicted molar refractivity (Wildman–Crippen MR) is 79.3 cm³/mol. The van der Waals surface area contributed by atoms with E-state index < -0.39 is 0 Å². The van der Waals surface area contributed by atoms with Crippen molar-refractivity contribution in [2.75, 3.05) is 7.11 Å². The molecule has 0 amide bonds. The van der Waals surface area contributed by atoms with E-state index in [0.29, 0.717) is 27.7 Å². The molecule has 0 bridgehead atoms. The van der Waals surface area contributed by atoms with Crippen LogP contribution in [-0.2, 0) is 13.2 Å². The van der Waals surface area contributed by atoms with Crippen LogP contribution in [0.25, 0.3) is 0 Å². The van der Waals surface area contributed by atoms with E-state index in [9.17, 15) is 5.11 Å². The van der Waals surface area contributed by atoms with Crippen molar-refractivity contribution in [3.63, 3.8) is 0 Å². The molecule has 0 saturated heterocycles. The Kier molecular flexibility index (Phi) is 5.19. The quantitative estimate of drug-likeness (QED) is 0.856. The molecular formula is C14H17BrN2O4. The van der Waals surface area contributed by atoms with Gasteiger partial charge in [0.2, 0.25) is 0 Å². The molecule has 6 nitrogen and oxygen atoms in total. The molecule has 1 aromatic carbocycles. The Bertz CT molecular complexity index is 613. The van der Waals surface area contributed by atoms with Crippen LogP contribution in [-0.4, -0.2) is 22.4 Å². The largest absolute Gasteiger partial charge is 0.493 e. The van der Waals surface area contributed by atoms with Gasteiger partial charge < -0.3 is 19.1 Å². The molecule has 0 atom stereocenters. The number of hydrogen-bond donors (Lipinski definition) is 1. The molecule has 0 saturated carbocycles. The number of hydrogen-bond acceptors (Lipinski definition) is 6. The van der Waals surface area contributed by atoms with Crippen LogP contribution in [0.2, 0.25) is 0 Å². The molecule has 2 aromatic rings. The number of halogens is 1. The minimum atomic E-state index is -0.0728. The zero-order valence-corrected chi connectivity index (χ0v) is 13.7. The second-order valence-corrected chi connectivity index (χ2v) is 5.61. The standard InChI is InChI=1S/C14H17BrN2O4/c1-8(2)14-16-12(21-17-14)7-20-13-10(15)4-9(6-18)5-11(13)19-3/h4-5,8,18H,6-7H2,1-3H3. The van der Waals surface area contributed by atoms with Crippen LogP contribution in [0.4, 0.5) is 0 Å². The Morgan fingerprint density at radius 3 is 2.71 bits per heavy atom. The second-order valence-electron chi connectivity index (χ2n) is 4.76. The number of rotatable bonds is 6. The van der Waals surface area contributed by atoms with Crippen LogP contribution in [0.5, 0.6) is 11.5 Å². The Hall–Kier alpha value is -1.60. The minimum Gasteiger partial charge on any atom is -0.493 e. The van der Waals surface area contributed by atoms with Crippen LogP contribution in [0.1, 0.15) is 37.0 Å². The fraction of sp³-hybridized carbons (Fsp3) is 0.429. The number of aliphatic hydroxyl groups is 1. The van der Waals surface area contributed by atoms with Gasteiger partial charge >= 0.3 is 0 Å². The molecule has 0 aliphatic heterocycles.